The van der Waals surface area contributed by atoms with Gasteiger partial charge in [0.1, 0.15) is 0 Å². The van der Waals surface area contributed by atoms with Gasteiger partial charge in [-0.3, -0.25) is 9.69 Å². The third-order valence-electron chi connectivity index (χ3n) is 4.00. The van der Waals surface area contributed by atoms with Gasteiger partial charge >= 0.3 is 0 Å². The predicted octanol–water partition coefficient (Wildman–Crippen LogP) is 4.07. The third-order valence-corrected chi connectivity index (χ3v) is 4.55. The van der Waals surface area contributed by atoms with Crippen molar-refractivity contribution in [2.45, 2.75) is 38.3 Å². The molecule has 0 spiro atoms. The fraction of sp³-hybridized carbons (Fsp3) is 0.562. The number of nitrogens with zero attached hydrogens (tertiary/aromatic N) is 1. The fourth-order valence-corrected chi connectivity index (χ4v) is 3.05. The minimum absolute atomic E-state index is 0.00924. The van der Waals surface area contributed by atoms with Crippen molar-refractivity contribution in [1.29, 1.82) is 0 Å². The van der Waals surface area contributed by atoms with Gasteiger partial charge < -0.3 is 4.74 Å². The molecule has 2 atom stereocenters. The average molecular weight is 330 g/mol. The molecule has 0 radical (unpaired) electrons. The third kappa shape index (κ3) is 4.43. The van der Waals surface area contributed by atoms with E-state index in [4.69, 9.17) is 27.9 Å². The summed E-state index contributed by atoms with van der Waals surface area (Å²) in [7, 11) is 1.95. The molecule has 1 aliphatic rings. The van der Waals surface area contributed by atoms with Crippen LogP contribution in [0.3, 0.4) is 0 Å². The number of benzene rings is 1. The number of Topliss-reactive ketones (excluding diaryl/α,β-unsaturated/α-hetero) is 1. The van der Waals surface area contributed by atoms with Crippen LogP contribution in [0, 0.1) is 0 Å². The molecule has 0 aromatic heterocycles. The Balaban J connectivity index is 2.00. The Kier molecular flexibility index (Phi) is 6.06. The van der Waals surface area contributed by atoms with Gasteiger partial charge in [0.15, 0.2) is 5.78 Å². The highest BCUT2D eigenvalue weighted by Gasteiger charge is 2.24. The van der Waals surface area contributed by atoms with Crippen LogP contribution in [0.2, 0.25) is 10.0 Å². The Morgan fingerprint density at radius 3 is 2.81 bits per heavy atom. The minimum Gasteiger partial charge on any atom is -0.377 e. The summed E-state index contributed by atoms with van der Waals surface area (Å²) in [4.78, 5) is 14.6. The van der Waals surface area contributed by atoms with Crippen molar-refractivity contribution in [3.8, 4) is 0 Å². The van der Waals surface area contributed by atoms with Gasteiger partial charge in [0.05, 0.1) is 17.2 Å². The maximum absolute atomic E-state index is 12.5. The molecule has 1 aromatic rings. The van der Waals surface area contributed by atoms with Crippen LogP contribution in [0.15, 0.2) is 18.2 Å². The van der Waals surface area contributed by atoms with E-state index in [2.05, 4.69) is 0 Å². The highest BCUT2D eigenvalue weighted by atomic mass is 35.5. The minimum atomic E-state index is -0.241. The molecule has 2 unspecified atom stereocenters. The van der Waals surface area contributed by atoms with Crippen LogP contribution in [0.5, 0.6) is 0 Å². The Morgan fingerprint density at radius 1 is 1.43 bits per heavy atom. The van der Waals surface area contributed by atoms with E-state index in [1.54, 1.807) is 18.2 Å². The zero-order valence-electron chi connectivity index (χ0n) is 12.4. The Bertz CT molecular complexity index is 501. The van der Waals surface area contributed by atoms with Crippen LogP contribution in [-0.4, -0.2) is 43.0 Å². The van der Waals surface area contributed by atoms with Crippen LogP contribution in [0.1, 0.15) is 36.5 Å². The number of hydrogen-bond donors (Lipinski definition) is 0. The number of carbonyl (C=O) groups excluding carboxylic acids is 1. The van der Waals surface area contributed by atoms with E-state index >= 15 is 0 Å². The lowest BCUT2D eigenvalue weighted by molar-refractivity contribution is -0.00577. The molecule has 21 heavy (non-hydrogen) atoms. The fourth-order valence-electron chi connectivity index (χ4n) is 2.55. The molecule has 0 amide bonds. The van der Waals surface area contributed by atoms with E-state index in [-0.39, 0.29) is 17.9 Å². The van der Waals surface area contributed by atoms with Crippen LogP contribution in [0.25, 0.3) is 0 Å². The molecule has 0 N–H and O–H groups in total. The predicted molar refractivity (Wildman–Crippen MR) is 86.5 cm³/mol. The second-order valence-electron chi connectivity index (χ2n) is 5.59. The molecule has 1 fully saturated rings. The number of ether oxygens (including phenoxy) is 1. The van der Waals surface area contributed by atoms with Gasteiger partial charge in [0.25, 0.3) is 0 Å². The standard InChI is InChI=1S/C16H21Cl2NO2/c1-11(19(2)10-13-5-3-4-8-21-13)16(20)14-7-6-12(17)9-15(14)18/h6-7,9,11,13H,3-5,8,10H2,1-2H3. The second kappa shape index (κ2) is 7.59. The Labute approximate surface area is 136 Å². The maximum atomic E-state index is 12.5. The molecule has 0 aliphatic carbocycles. The zero-order valence-corrected chi connectivity index (χ0v) is 14.0. The Hall–Kier alpha value is -0.610. The van der Waals surface area contributed by atoms with Gasteiger partial charge in [-0.15, -0.1) is 0 Å². The van der Waals surface area contributed by atoms with Gasteiger partial charge in [-0.1, -0.05) is 23.2 Å². The lowest BCUT2D eigenvalue weighted by Crippen LogP contribution is -2.42. The van der Waals surface area contributed by atoms with Gasteiger partial charge in [-0.05, 0) is 51.4 Å². The highest BCUT2D eigenvalue weighted by molar-refractivity contribution is 6.37. The molecule has 5 heteroatoms. The van der Waals surface area contributed by atoms with Crippen LogP contribution >= 0.6 is 23.2 Å². The molecular weight excluding hydrogens is 309 g/mol. The molecular formula is C16H21Cl2NO2. The molecule has 1 heterocycles. The SMILES string of the molecule is CC(C(=O)c1ccc(Cl)cc1Cl)N(C)CC1CCCCO1. The number of carbonyl (C=O) groups is 1. The zero-order chi connectivity index (χ0) is 15.4. The largest absolute Gasteiger partial charge is 0.377 e. The van der Waals surface area contributed by atoms with E-state index in [1.165, 1.54) is 6.42 Å². The Morgan fingerprint density at radius 2 is 2.19 bits per heavy atom. The highest BCUT2D eigenvalue weighted by Crippen LogP contribution is 2.23. The summed E-state index contributed by atoms with van der Waals surface area (Å²) in [6.45, 7) is 3.48. The molecule has 1 saturated heterocycles. The molecule has 2 rings (SSSR count). The quantitative estimate of drug-likeness (QED) is 0.763. The first-order chi connectivity index (χ1) is 9.99. The van der Waals surface area contributed by atoms with Crippen LogP contribution < -0.4 is 0 Å². The lowest BCUT2D eigenvalue weighted by Gasteiger charge is -2.30. The second-order valence-corrected chi connectivity index (χ2v) is 6.44. The number of ketones is 1. The summed E-state index contributed by atoms with van der Waals surface area (Å²) in [6, 6.07) is 4.74. The maximum Gasteiger partial charge on any atom is 0.181 e. The van der Waals surface area contributed by atoms with Gasteiger partial charge in [-0.25, -0.2) is 0 Å². The van der Waals surface area contributed by atoms with Gasteiger partial charge in [0, 0.05) is 23.7 Å². The van der Waals surface area contributed by atoms with E-state index in [9.17, 15) is 4.79 Å². The van der Waals surface area contributed by atoms with E-state index < -0.39 is 0 Å². The summed E-state index contributed by atoms with van der Waals surface area (Å²) < 4.78 is 5.73. The van der Waals surface area contributed by atoms with Crippen molar-refractivity contribution in [1.82, 2.24) is 4.90 Å². The summed E-state index contributed by atoms with van der Waals surface area (Å²) in [5.74, 6) is 0.00924. The van der Waals surface area contributed by atoms with Crippen molar-refractivity contribution in [2.24, 2.45) is 0 Å². The van der Waals surface area contributed by atoms with Crippen molar-refractivity contribution in [3.05, 3.63) is 33.8 Å². The van der Waals surface area contributed by atoms with E-state index in [0.29, 0.717) is 15.6 Å². The number of rotatable bonds is 5. The summed E-state index contributed by atoms with van der Waals surface area (Å²) in [6.07, 6.45) is 3.62. The molecule has 1 aliphatic heterocycles. The summed E-state index contributed by atoms with van der Waals surface area (Å²) in [5, 5.41) is 0.940. The first kappa shape index (κ1) is 16.8. The van der Waals surface area contributed by atoms with Crippen LogP contribution in [0.4, 0.5) is 0 Å². The summed E-state index contributed by atoms with van der Waals surface area (Å²) in [5.41, 5.74) is 0.518. The first-order valence-electron chi connectivity index (χ1n) is 7.30. The topological polar surface area (TPSA) is 29.5 Å². The lowest BCUT2D eigenvalue weighted by atomic mass is 10.0. The number of likely N-dealkylation sites (N-methyl/N-ethyl adjacent to an activating group) is 1. The van der Waals surface area contributed by atoms with Gasteiger partial charge in [-0.2, -0.15) is 0 Å². The molecule has 3 nitrogen and oxygen atoms in total. The molecule has 1 aromatic carbocycles. The molecule has 0 saturated carbocycles. The van der Waals surface area contributed by atoms with Crippen molar-refractivity contribution in [2.75, 3.05) is 20.2 Å². The van der Waals surface area contributed by atoms with Crippen molar-refractivity contribution < 1.29 is 9.53 Å². The monoisotopic (exact) mass is 329 g/mol. The molecule has 0 bridgehead atoms. The molecule has 116 valence electrons. The van der Waals surface area contributed by atoms with Crippen molar-refractivity contribution >= 4 is 29.0 Å². The van der Waals surface area contributed by atoms with Crippen molar-refractivity contribution in [3.63, 3.8) is 0 Å². The smallest absolute Gasteiger partial charge is 0.181 e. The number of halogens is 2. The normalized spacial score (nSPS) is 20.5. The first-order valence-corrected chi connectivity index (χ1v) is 8.05. The van der Waals surface area contributed by atoms with E-state index in [1.807, 2.05) is 18.9 Å². The van der Waals surface area contributed by atoms with Gasteiger partial charge in [0.2, 0.25) is 0 Å². The van der Waals surface area contributed by atoms with E-state index in [0.717, 1.165) is 26.0 Å². The number of hydrogen-bond acceptors (Lipinski definition) is 3. The van der Waals surface area contributed by atoms with Crippen LogP contribution in [-0.2, 0) is 4.74 Å². The average Bonchev–Trinajstić information content (AvgIpc) is 2.47. The summed E-state index contributed by atoms with van der Waals surface area (Å²) >= 11 is 12.0.